The summed E-state index contributed by atoms with van der Waals surface area (Å²) in [6.45, 7) is 0.502. The van der Waals surface area contributed by atoms with Gasteiger partial charge in [-0.05, 0) is 6.42 Å². The van der Waals surface area contributed by atoms with E-state index in [2.05, 4.69) is 5.32 Å². The molecule has 0 aromatic rings. The third-order valence-corrected chi connectivity index (χ3v) is 2.13. The van der Waals surface area contributed by atoms with E-state index < -0.39 is 0 Å². The van der Waals surface area contributed by atoms with Gasteiger partial charge in [-0.15, -0.1) is 0 Å². The van der Waals surface area contributed by atoms with Crippen LogP contribution in [-0.4, -0.2) is 35.5 Å². The largest absolute Gasteiger partial charge is 0.326 e. The van der Waals surface area contributed by atoms with E-state index in [0.717, 1.165) is 0 Å². The van der Waals surface area contributed by atoms with Crippen LogP contribution in [0.15, 0.2) is 0 Å². The van der Waals surface area contributed by atoms with Crippen LogP contribution in [-0.2, 0) is 4.79 Å². The third kappa shape index (κ3) is 0.808. The van der Waals surface area contributed by atoms with E-state index in [1.807, 2.05) is 0 Å². The number of nitrogens with one attached hydrogen (secondary N) is 1. The zero-order valence-electron chi connectivity index (χ0n) is 5.91. The Hall–Kier alpha value is -1.10. The number of imide groups is 1. The van der Waals surface area contributed by atoms with Crippen LogP contribution in [0.25, 0.3) is 0 Å². The van der Waals surface area contributed by atoms with E-state index in [4.69, 9.17) is 5.73 Å². The first-order chi connectivity index (χ1) is 5.18. The zero-order chi connectivity index (χ0) is 8.01. The van der Waals surface area contributed by atoms with Crippen LogP contribution in [0.4, 0.5) is 4.79 Å². The number of nitrogens with zero attached hydrogens (tertiary/aromatic N) is 1. The molecule has 0 aromatic carbocycles. The van der Waals surface area contributed by atoms with Gasteiger partial charge in [0.25, 0.3) is 5.91 Å². The highest BCUT2D eigenvalue weighted by Gasteiger charge is 2.44. The van der Waals surface area contributed by atoms with E-state index in [1.165, 1.54) is 4.90 Å². The standard InChI is InChI=1S/C6H9N3O2/c7-3-1-4-5(10)8-6(11)9(4)2-3/h3-4H,1-2,7H2,(H,8,10,11)/t3-,4-/m0/s1. The SMILES string of the molecule is N[C@H]1C[C@H]2C(=O)NC(=O)N2C1. The van der Waals surface area contributed by atoms with Crippen molar-refractivity contribution in [2.24, 2.45) is 5.73 Å². The quantitative estimate of drug-likeness (QED) is 0.424. The molecule has 2 atom stereocenters. The van der Waals surface area contributed by atoms with Gasteiger partial charge in [0.1, 0.15) is 6.04 Å². The number of fused-ring (bicyclic) bond motifs is 1. The van der Waals surface area contributed by atoms with E-state index in [-0.39, 0.29) is 24.0 Å². The fraction of sp³-hybridized carbons (Fsp3) is 0.667. The Kier molecular flexibility index (Phi) is 1.17. The highest BCUT2D eigenvalue weighted by molar-refractivity contribution is 6.04. The van der Waals surface area contributed by atoms with Gasteiger partial charge in [-0.1, -0.05) is 0 Å². The minimum absolute atomic E-state index is 0.0324. The summed E-state index contributed by atoms with van der Waals surface area (Å²) in [5.41, 5.74) is 5.58. The van der Waals surface area contributed by atoms with Crippen molar-refractivity contribution >= 4 is 11.9 Å². The molecule has 5 nitrogen and oxygen atoms in total. The number of carbonyl (C=O) groups excluding carboxylic acids is 2. The molecule has 3 amide bonds. The molecule has 11 heavy (non-hydrogen) atoms. The molecular weight excluding hydrogens is 146 g/mol. The summed E-state index contributed by atoms with van der Waals surface area (Å²) < 4.78 is 0. The minimum Gasteiger partial charge on any atom is -0.326 e. The van der Waals surface area contributed by atoms with Gasteiger partial charge in [0.05, 0.1) is 0 Å². The van der Waals surface area contributed by atoms with E-state index in [0.29, 0.717) is 13.0 Å². The van der Waals surface area contributed by atoms with Crippen LogP contribution < -0.4 is 11.1 Å². The van der Waals surface area contributed by atoms with Crippen LogP contribution in [0.3, 0.4) is 0 Å². The first kappa shape index (κ1) is 6.60. The van der Waals surface area contributed by atoms with Gasteiger partial charge in [0, 0.05) is 12.6 Å². The lowest BCUT2D eigenvalue weighted by Gasteiger charge is -2.09. The van der Waals surface area contributed by atoms with E-state index in [1.54, 1.807) is 0 Å². The average molecular weight is 155 g/mol. The number of hydrogen-bond acceptors (Lipinski definition) is 3. The summed E-state index contributed by atoms with van der Waals surface area (Å²) >= 11 is 0. The van der Waals surface area contributed by atoms with Gasteiger partial charge in [-0.2, -0.15) is 0 Å². The molecule has 0 spiro atoms. The molecule has 5 heteroatoms. The van der Waals surface area contributed by atoms with Crippen molar-refractivity contribution in [1.29, 1.82) is 0 Å². The van der Waals surface area contributed by atoms with Crippen molar-refractivity contribution in [3.8, 4) is 0 Å². The van der Waals surface area contributed by atoms with Crippen molar-refractivity contribution in [2.75, 3.05) is 6.54 Å². The Labute approximate surface area is 63.5 Å². The zero-order valence-corrected chi connectivity index (χ0v) is 5.91. The number of hydrogen-bond donors (Lipinski definition) is 2. The van der Waals surface area contributed by atoms with Crippen LogP contribution in [0.2, 0.25) is 0 Å². The number of nitrogens with two attached hydrogens (primary N) is 1. The maximum atomic E-state index is 11.0. The Morgan fingerprint density at radius 1 is 1.55 bits per heavy atom. The summed E-state index contributed by atoms with van der Waals surface area (Å²) in [6, 6.07) is -0.625. The predicted octanol–water partition coefficient (Wildman–Crippen LogP) is -1.36. The average Bonchev–Trinajstić information content (AvgIpc) is 2.38. The molecule has 0 unspecified atom stereocenters. The van der Waals surface area contributed by atoms with Gasteiger partial charge in [0.2, 0.25) is 0 Å². The summed E-state index contributed by atoms with van der Waals surface area (Å²) in [5.74, 6) is -0.206. The lowest BCUT2D eigenvalue weighted by Crippen LogP contribution is -2.33. The van der Waals surface area contributed by atoms with Gasteiger partial charge in [-0.3, -0.25) is 10.1 Å². The van der Waals surface area contributed by atoms with Gasteiger partial charge in [0.15, 0.2) is 0 Å². The smallest absolute Gasteiger partial charge is 0.324 e. The monoisotopic (exact) mass is 155 g/mol. The lowest BCUT2D eigenvalue weighted by molar-refractivity contribution is -0.120. The number of urea groups is 1. The van der Waals surface area contributed by atoms with E-state index in [9.17, 15) is 9.59 Å². The topological polar surface area (TPSA) is 75.4 Å². The molecule has 0 aliphatic carbocycles. The molecule has 60 valence electrons. The van der Waals surface area contributed by atoms with Crippen LogP contribution in [0.1, 0.15) is 6.42 Å². The highest BCUT2D eigenvalue weighted by Crippen LogP contribution is 2.20. The molecule has 2 rings (SSSR count). The Balaban J connectivity index is 2.23. The maximum Gasteiger partial charge on any atom is 0.324 e. The van der Waals surface area contributed by atoms with Gasteiger partial charge >= 0.3 is 6.03 Å². The van der Waals surface area contributed by atoms with Gasteiger partial charge in [-0.25, -0.2) is 4.79 Å². The molecule has 2 saturated heterocycles. The van der Waals surface area contributed by atoms with Crippen LogP contribution in [0, 0.1) is 0 Å². The predicted molar refractivity (Wildman–Crippen MR) is 36.6 cm³/mol. The number of amides is 3. The van der Waals surface area contributed by atoms with Crippen molar-refractivity contribution in [2.45, 2.75) is 18.5 Å². The van der Waals surface area contributed by atoms with Crippen LogP contribution >= 0.6 is 0 Å². The molecule has 2 heterocycles. The highest BCUT2D eigenvalue weighted by atomic mass is 16.2. The van der Waals surface area contributed by atoms with Crippen LogP contribution in [0.5, 0.6) is 0 Å². The second-order valence-corrected chi connectivity index (χ2v) is 2.96. The summed E-state index contributed by atoms with van der Waals surface area (Å²) in [5, 5.41) is 2.23. The fourth-order valence-electron chi connectivity index (χ4n) is 1.60. The summed E-state index contributed by atoms with van der Waals surface area (Å²) in [6.07, 6.45) is 0.595. The Morgan fingerprint density at radius 2 is 2.27 bits per heavy atom. The molecular formula is C6H9N3O2. The fourth-order valence-corrected chi connectivity index (χ4v) is 1.60. The molecule has 3 N–H and O–H groups in total. The molecule has 0 aromatic heterocycles. The third-order valence-electron chi connectivity index (χ3n) is 2.13. The molecule has 0 saturated carbocycles. The number of rotatable bonds is 0. The van der Waals surface area contributed by atoms with Crippen molar-refractivity contribution in [3.05, 3.63) is 0 Å². The van der Waals surface area contributed by atoms with Crippen molar-refractivity contribution in [1.82, 2.24) is 10.2 Å². The lowest BCUT2D eigenvalue weighted by atomic mass is 10.2. The summed E-state index contributed by atoms with van der Waals surface area (Å²) in [7, 11) is 0. The maximum absolute atomic E-state index is 11.0. The molecule has 0 bridgehead atoms. The molecule has 2 fully saturated rings. The second kappa shape index (κ2) is 1.94. The second-order valence-electron chi connectivity index (χ2n) is 2.96. The normalized spacial score (nSPS) is 35.9. The number of carbonyl (C=O) groups is 2. The Bertz CT molecular complexity index is 206. The van der Waals surface area contributed by atoms with Crippen molar-refractivity contribution in [3.63, 3.8) is 0 Å². The van der Waals surface area contributed by atoms with Crippen molar-refractivity contribution < 1.29 is 9.59 Å². The van der Waals surface area contributed by atoms with Gasteiger partial charge < -0.3 is 10.6 Å². The van der Waals surface area contributed by atoms with E-state index >= 15 is 0 Å². The molecule has 0 radical (unpaired) electrons. The minimum atomic E-state index is -0.298. The first-order valence-corrected chi connectivity index (χ1v) is 3.55. The molecule has 2 aliphatic rings. The Morgan fingerprint density at radius 3 is 2.91 bits per heavy atom. The summed E-state index contributed by atoms with van der Waals surface area (Å²) in [4.78, 5) is 23.4. The first-order valence-electron chi connectivity index (χ1n) is 3.55. The molecule has 2 aliphatic heterocycles.